The van der Waals surface area contributed by atoms with Gasteiger partial charge in [0.05, 0.1) is 33.2 Å². The lowest BCUT2D eigenvalue weighted by atomic mass is 10.0. The van der Waals surface area contributed by atoms with Crippen molar-refractivity contribution >= 4 is 45.6 Å². The van der Waals surface area contributed by atoms with E-state index >= 15 is 0 Å². The lowest BCUT2D eigenvalue weighted by Gasteiger charge is -2.33. The Morgan fingerprint density at radius 3 is 2.60 bits per heavy atom. The van der Waals surface area contributed by atoms with Gasteiger partial charge in [0, 0.05) is 79.9 Å². The number of nitrogens with zero attached hydrogens (tertiary/aromatic N) is 7. The average molecular weight is 595 g/mol. The monoisotopic (exact) mass is 594 g/mol. The fourth-order valence-electron chi connectivity index (χ4n) is 5.15. The van der Waals surface area contributed by atoms with Gasteiger partial charge in [0.2, 0.25) is 0 Å². The summed E-state index contributed by atoms with van der Waals surface area (Å²) in [5.41, 5.74) is 5.69. The highest BCUT2D eigenvalue weighted by Crippen LogP contribution is 2.36. The normalized spacial score (nSPS) is 14.2. The molecular weight excluding hydrogens is 564 g/mol. The molecule has 10 heteroatoms. The Kier molecular flexibility index (Phi) is 8.40. The first-order valence-corrected chi connectivity index (χ1v) is 15.2. The number of nitriles is 1. The minimum atomic E-state index is 0.459. The third-order valence-corrected chi connectivity index (χ3v) is 9.15. The molecule has 0 amide bonds. The molecule has 5 aromatic rings. The molecule has 42 heavy (non-hydrogen) atoms. The molecule has 0 unspecified atom stereocenters. The molecule has 212 valence electrons. The van der Waals surface area contributed by atoms with Crippen LogP contribution in [0.3, 0.4) is 0 Å². The molecule has 6 rings (SSSR count). The number of nitrogens with one attached hydrogen (secondary N) is 1. The second-order valence-corrected chi connectivity index (χ2v) is 11.7. The lowest BCUT2D eigenvalue weighted by molar-refractivity contribution is 0.131. The standard InChI is InChI=1S/C32H31ClN8S/c1-3-40-13-15-41(16-14-40)21-25-5-4-6-28(37-25)22-7-9-26-29(17-22)36-20-23(19-34)31(26)38-24-8-10-30(27(33)18-24)42-32-35-11-12-39(32)2/h4-12,17-18,20H,3,13-16,21H2,1-2H3,(H,36,38). The molecule has 0 aliphatic carbocycles. The van der Waals surface area contributed by atoms with Gasteiger partial charge in [-0.05, 0) is 49.0 Å². The summed E-state index contributed by atoms with van der Waals surface area (Å²) >= 11 is 8.15. The van der Waals surface area contributed by atoms with Gasteiger partial charge in [0.15, 0.2) is 5.16 Å². The molecule has 1 fully saturated rings. The third kappa shape index (κ3) is 6.13. The topological polar surface area (TPSA) is 85.9 Å². The van der Waals surface area contributed by atoms with Crippen LogP contribution in [0.4, 0.5) is 11.4 Å². The van der Waals surface area contributed by atoms with Crippen LogP contribution in [0.1, 0.15) is 18.2 Å². The summed E-state index contributed by atoms with van der Waals surface area (Å²) < 4.78 is 1.95. The molecule has 1 aliphatic heterocycles. The van der Waals surface area contributed by atoms with Gasteiger partial charge < -0.3 is 14.8 Å². The van der Waals surface area contributed by atoms with Gasteiger partial charge in [-0.3, -0.25) is 14.9 Å². The number of benzene rings is 2. The summed E-state index contributed by atoms with van der Waals surface area (Å²) in [6, 6.07) is 20.3. The smallest absolute Gasteiger partial charge is 0.172 e. The number of imidazole rings is 1. The fourth-order valence-corrected chi connectivity index (χ4v) is 6.25. The van der Waals surface area contributed by atoms with Gasteiger partial charge in [0.1, 0.15) is 6.07 Å². The van der Waals surface area contributed by atoms with Crippen LogP contribution in [0.2, 0.25) is 5.02 Å². The molecule has 0 radical (unpaired) electrons. The number of pyridine rings is 2. The number of hydrogen-bond donors (Lipinski definition) is 1. The van der Waals surface area contributed by atoms with E-state index in [1.807, 2.05) is 60.3 Å². The van der Waals surface area contributed by atoms with Crippen LogP contribution >= 0.6 is 23.4 Å². The van der Waals surface area contributed by atoms with Crippen LogP contribution in [-0.4, -0.2) is 62.0 Å². The first-order chi connectivity index (χ1) is 20.5. The zero-order valence-corrected chi connectivity index (χ0v) is 25.2. The van der Waals surface area contributed by atoms with Gasteiger partial charge >= 0.3 is 0 Å². The molecule has 3 aromatic heterocycles. The van der Waals surface area contributed by atoms with Crippen LogP contribution in [0.15, 0.2) is 83.2 Å². The van der Waals surface area contributed by atoms with Crippen molar-refractivity contribution in [3.8, 4) is 17.3 Å². The molecule has 2 aromatic carbocycles. The second-order valence-electron chi connectivity index (χ2n) is 10.3. The number of aromatic nitrogens is 4. The highest BCUT2D eigenvalue weighted by Gasteiger charge is 2.17. The van der Waals surface area contributed by atoms with Gasteiger partial charge in [-0.15, -0.1) is 0 Å². The van der Waals surface area contributed by atoms with Crippen molar-refractivity contribution in [3.63, 3.8) is 0 Å². The van der Waals surface area contributed by atoms with Gasteiger partial charge in [-0.2, -0.15) is 5.26 Å². The SMILES string of the molecule is CCN1CCN(Cc2cccc(-c3ccc4c(Nc5ccc(Sc6nccn6C)c(Cl)c5)c(C#N)cnc4c3)n2)CC1. The maximum absolute atomic E-state index is 9.87. The Morgan fingerprint density at radius 1 is 1.02 bits per heavy atom. The minimum Gasteiger partial charge on any atom is -0.354 e. The van der Waals surface area contributed by atoms with Crippen LogP contribution in [-0.2, 0) is 13.6 Å². The van der Waals surface area contributed by atoms with Gasteiger partial charge in [-0.25, -0.2) is 4.98 Å². The van der Waals surface area contributed by atoms with Gasteiger partial charge in [-0.1, -0.05) is 42.4 Å². The van der Waals surface area contributed by atoms with E-state index in [0.717, 1.165) is 82.9 Å². The predicted molar refractivity (Wildman–Crippen MR) is 169 cm³/mol. The van der Waals surface area contributed by atoms with E-state index in [0.29, 0.717) is 16.3 Å². The van der Waals surface area contributed by atoms with Gasteiger partial charge in [0.25, 0.3) is 0 Å². The highest BCUT2D eigenvalue weighted by molar-refractivity contribution is 7.99. The van der Waals surface area contributed by atoms with Crippen molar-refractivity contribution in [1.82, 2.24) is 29.3 Å². The highest BCUT2D eigenvalue weighted by atomic mass is 35.5. The summed E-state index contributed by atoms with van der Waals surface area (Å²) in [4.78, 5) is 19.8. The third-order valence-electron chi connectivity index (χ3n) is 7.57. The summed E-state index contributed by atoms with van der Waals surface area (Å²) in [5, 5.41) is 15.6. The summed E-state index contributed by atoms with van der Waals surface area (Å²) in [5.74, 6) is 0. The molecule has 1 N–H and O–H groups in total. The van der Waals surface area contributed by atoms with Crippen LogP contribution in [0, 0.1) is 11.3 Å². The Labute approximate surface area is 255 Å². The number of aryl methyl sites for hydroxylation is 1. The number of piperazine rings is 1. The van der Waals surface area contributed by atoms with Crippen molar-refractivity contribution in [2.75, 3.05) is 38.0 Å². The van der Waals surface area contributed by atoms with Crippen molar-refractivity contribution in [2.45, 2.75) is 23.5 Å². The molecule has 4 heterocycles. The summed E-state index contributed by atoms with van der Waals surface area (Å²) in [6.07, 6.45) is 5.27. The molecule has 1 aliphatic rings. The van der Waals surface area contributed by atoms with E-state index in [1.54, 1.807) is 12.4 Å². The zero-order valence-electron chi connectivity index (χ0n) is 23.6. The molecule has 8 nitrogen and oxygen atoms in total. The Bertz CT molecular complexity index is 1770. The molecule has 1 saturated heterocycles. The number of fused-ring (bicyclic) bond motifs is 1. The Balaban J connectivity index is 1.24. The van der Waals surface area contributed by atoms with E-state index in [1.165, 1.54) is 11.8 Å². The number of halogens is 1. The Morgan fingerprint density at radius 2 is 1.86 bits per heavy atom. The summed E-state index contributed by atoms with van der Waals surface area (Å²) in [7, 11) is 1.95. The summed E-state index contributed by atoms with van der Waals surface area (Å²) in [6.45, 7) is 8.51. The maximum atomic E-state index is 9.87. The predicted octanol–water partition coefficient (Wildman–Crippen LogP) is 6.59. The van der Waals surface area contributed by atoms with Crippen molar-refractivity contribution in [2.24, 2.45) is 7.05 Å². The molecule has 0 bridgehead atoms. The molecular formula is C32H31ClN8S. The number of rotatable bonds is 8. The van der Waals surface area contributed by atoms with E-state index in [-0.39, 0.29) is 0 Å². The largest absolute Gasteiger partial charge is 0.354 e. The first kappa shape index (κ1) is 28.2. The van der Waals surface area contributed by atoms with Crippen molar-refractivity contribution in [1.29, 1.82) is 5.26 Å². The van der Waals surface area contributed by atoms with Crippen LogP contribution in [0.25, 0.3) is 22.2 Å². The van der Waals surface area contributed by atoms with Crippen molar-refractivity contribution in [3.05, 3.63) is 89.5 Å². The minimum absolute atomic E-state index is 0.459. The van der Waals surface area contributed by atoms with E-state index < -0.39 is 0 Å². The Hall–Kier alpha value is -3.94. The van der Waals surface area contributed by atoms with E-state index in [9.17, 15) is 5.26 Å². The lowest BCUT2D eigenvalue weighted by Crippen LogP contribution is -2.45. The number of hydrogen-bond acceptors (Lipinski definition) is 8. The van der Waals surface area contributed by atoms with Crippen LogP contribution < -0.4 is 5.32 Å². The maximum Gasteiger partial charge on any atom is 0.172 e. The zero-order chi connectivity index (χ0) is 29.1. The number of anilines is 2. The fraction of sp³-hybridized carbons (Fsp3) is 0.250. The molecule has 0 spiro atoms. The van der Waals surface area contributed by atoms with E-state index in [4.69, 9.17) is 16.6 Å². The number of likely N-dealkylation sites (N-methyl/N-ethyl adjacent to an activating group) is 1. The van der Waals surface area contributed by atoms with E-state index in [2.05, 4.69) is 50.2 Å². The molecule has 0 atom stereocenters. The second kappa shape index (κ2) is 12.5. The van der Waals surface area contributed by atoms with Crippen molar-refractivity contribution < 1.29 is 0 Å². The van der Waals surface area contributed by atoms with Crippen LogP contribution in [0.5, 0.6) is 0 Å². The molecule has 0 saturated carbocycles. The average Bonchev–Trinajstić information content (AvgIpc) is 3.42. The first-order valence-electron chi connectivity index (χ1n) is 14.0. The quantitative estimate of drug-likeness (QED) is 0.215.